The van der Waals surface area contributed by atoms with Gasteiger partial charge in [0.15, 0.2) is 0 Å². The Hall–Kier alpha value is -3.62. The number of rotatable bonds is 5. The van der Waals surface area contributed by atoms with E-state index in [4.69, 9.17) is 16.7 Å². The lowest BCUT2D eigenvalue weighted by Gasteiger charge is -2.18. The van der Waals surface area contributed by atoms with Crippen molar-refractivity contribution in [3.05, 3.63) is 143 Å². The molecule has 1 heterocycles. The number of aromatic nitrogens is 2. The van der Waals surface area contributed by atoms with E-state index in [0.29, 0.717) is 0 Å². The third kappa shape index (κ3) is 4.10. The van der Waals surface area contributed by atoms with Gasteiger partial charge in [-0.25, -0.2) is 4.68 Å². The normalized spacial score (nSPS) is 11.1. The van der Waals surface area contributed by atoms with Gasteiger partial charge in [0.05, 0.1) is 11.4 Å². The van der Waals surface area contributed by atoms with Crippen LogP contribution in [-0.2, 0) is 0 Å². The van der Waals surface area contributed by atoms with Gasteiger partial charge in [0, 0.05) is 28.3 Å². The maximum atomic E-state index is 6.18. The average molecular weight is 435 g/mol. The molecule has 1 aromatic heterocycles. The van der Waals surface area contributed by atoms with E-state index in [1.165, 1.54) is 16.7 Å². The van der Waals surface area contributed by atoms with E-state index in [2.05, 4.69) is 98.0 Å². The molecular weight excluding hydrogens is 412 g/mol. The van der Waals surface area contributed by atoms with E-state index in [1.807, 2.05) is 28.9 Å². The average Bonchev–Trinajstić information content (AvgIpc) is 3.26. The van der Waals surface area contributed by atoms with Gasteiger partial charge in [-0.3, -0.25) is 0 Å². The number of aryl methyl sites for hydroxylation is 1. The van der Waals surface area contributed by atoms with Crippen molar-refractivity contribution in [3.63, 3.8) is 0 Å². The number of hydrogen-bond acceptors (Lipinski definition) is 1. The van der Waals surface area contributed by atoms with Crippen molar-refractivity contribution in [2.75, 3.05) is 0 Å². The van der Waals surface area contributed by atoms with Crippen molar-refractivity contribution < 1.29 is 0 Å². The van der Waals surface area contributed by atoms with Crippen LogP contribution in [0.15, 0.2) is 115 Å². The van der Waals surface area contributed by atoms with Crippen molar-refractivity contribution in [1.29, 1.82) is 0 Å². The third-order valence-corrected chi connectivity index (χ3v) is 5.99. The number of benzene rings is 4. The van der Waals surface area contributed by atoms with Gasteiger partial charge in [0.1, 0.15) is 0 Å². The van der Waals surface area contributed by atoms with Crippen molar-refractivity contribution in [2.24, 2.45) is 0 Å². The van der Waals surface area contributed by atoms with Gasteiger partial charge in [-0.2, -0.15) is 5.10 Å². The van der Waals surface area contributed by atoms with Crippen LogP contribution in [0.4, 0.5) is 0 Å². The van der Waals surface area contributed by atoms with Crippen molar-refractivity contribution in [3.8, 4) is 16.9 Å². The predicted molar refractivity (Wildman–Crippen MR) is 133 cm³/mol. The highest BCUT2D eigenvalue weighted by molar-refractivity contribution is 6.30. The number of halogens is 1. The monoisotopic (exact) mass is 434 g/mol. The first-order valence-corrected chi connectivity index (χ1v) is 11.1. The second-order valence-corrected chi connectivity index (χ2v) is 8.41. The molecule has 5 aromatic rings. The van der Waals surface area contributed by atoms with Gasteiger partial charge in [0.2, 0.25) is 0 Å². The van der Waals surface area contributed by atoms with Crippen LogP contribution in [0.1, 0.15) is 28.2 Å². The SMILES string of the molecule is Cc1ccc(-n2cc(C(c3ccccc3)c3ccccc3)c(-c3ccc(Cl)cc3)n2)cc1. The lowest BCUT2D eigenvalue weighted by atomic mass is 9.84. The zero-order valence-corrected chi connectivity index (χ0v) is 18.6. The predicted octanol–water partition coefficient (Wildman–Crippen LogP) is 7.68. The van der Waals surface area contributed by atoms with Gasteiger partial charge >= 0.3 is 0 Å². The smallest absolute Gasteiger partial charge is 0.0969 e. The summed E-state index contributed by atoms with van der Waals surface area (Å²) in [4.78, 5) is 0. The quantitative estimate of drug-likeness (QED) is 0.277. The van der Waals surface area contributed by atoms with E-state index in [-0.39, 0.29) is 5.92 Å². The van der Waals surface area contributed by atoms with Gasteiger partial charge in [0.25, 0.3) is 0 Å². The minimum absolute atomic E-state index is 0.0577. The highest BCUT2D eigenvalue weighted by Gasteiger charge is 2.24. The van der Waals surface area contributed by atoms with Crippen LogP contribution >= 0.6 is 11.6 Å². The van der Waals surface area contributed by atoms with Crippen LogP contribution in [0.5, 0.6) is 0 Å². The third-order valence-electron chi connectivity index (χ3n) is 5.74. The Balaban J connectivity index is 1.74. The summed E-state index contributed by atoms with van der Waals surface area (Å²) in [6.45, 7) is 2.10. The molecule has 0 atom stereocenters. The van der Waals surface area contributed by atoms with Crippen LogP contribution in [-0.4, -0.2) is 9.78 Å². The van der Waals surface area contributed by atoms with Gasteiger partial charge in [-0.1, -0.05) is 102 Å². The Morgan fingerprint density at radius 1 is 0.688 bits per heavy atom. The summed E-state index contributed by atoms with van der Waals surface area (Å²) >= 11 is 6.18. The fraction of sp³-hybridized carbons (Fsp3) is 0.0690. The standard InChI is InChI=1S/C29H23ClN2/c1-21-12-18-26(19-13-21)32-20-27(29(31-32)24-14-16-25(30)17-15-24)28(22-8-4-2-5-9-22)23-10-6-3-7-11-23/h2-20,28H,1H3. The molecule has 0 spiro atoms. The Kier molecular flexibility index (Phi) is 5.62. The molecule has 0 radical (unpaired) electrons. The first-order valence-electron chi connectivity index (χ1n) is 10.7. The summed E-state index contributed by atoms with van der Waals surface area (Å²) in [6.07, 6.45) is 2.17. The maximum Gasteiger partial charge on any atom is 0.0969 e. The molecular formula is C29H23ClN2. The molecule has 0 N–H and O–H groups in total. The highest BCUT2D eigenvalue weighted by Crippen LogP contribution is 2.38. The molecule has 0 aliphatic heterocycles. The lowest BCUT2D eigenvalue weighted by molar-refractivity contribution is 0.881. The van der Waals surface area contributed by atoms with E-state index in [1.54, 1.807) is 0 Å². The summed E-state index contributed by atoms with van der Waals surface area (Å²) in [5, 5.41) is 5.77. The zero-order valence-electron chi connectivity index (χ0n) is 17.8. The second-order valence-electron chi connectivity index (χ2n) is 7.97. The fourth-order valence-electron chi connectivity index (χ4n) is 4.10. The molecule has 32 heavy (non-hydrogen) atoms. The van der Waals surface area contributed by atoms with E-state index < -0.39 is 0 Å². The lowest BCUT2D eigenvalue weighted by Crippen LogP contribution is -2.04. The molecule has 0 aliphatic carbocycles. The zero-order chi connectivity index (χ0) is 21.9. The Morgan fingerprint density at radius 2 is 1.25 bits per heavy atom. The van der Waals surface area contributed by atoms with E-state index in [9.17, 15) is 0 Å². The summed E-state index contributed by atoms with van der Waals surface area (Å²) in [5.74, 6) is 0.0577. The van der Waals surface area contributed by atoms with Crippen LogP contribution in [0.25, 0.3) is 16.9 Å². The molecule has 0 saturated carbocycles. The summed E-state index contributed by atoms with van der Waals surface area (Å²) in [7, 11) is 0. The summed E-state index contributed by atoms with van der Waals surface area (Å²) in [5.41, 5.74) is 7.90. The molecule has 156 valence electrons. The van der Waals surface area contributed by atoms with Crippen LogP contribution in [0, 0.1) is 6.92 Å². The highest BCUT2D eigenvalue weighted by atomic mass is 35.5. The Labute approximate surface area is 193 Å². The fourth-order valence-corrected chi connectivity index (χ4v) is 4.23. The van der Waals surface area contributed by atoms with Crippen molar-refractivity contribution in [1.82, 2.24) is 9.78 Å². The molecule has 5 rings (SSSR count). The summed E-state index contributed by atoms with van der Waals surface area (Å²) in [6, 6.07) is 37.6. The molecule has 0 unspecified atom stereocenters. The Morgan fingerprint density at radius 3 is 1.81 bits per heavy atom. The molecule has 0 fully saturated rings. The minimum Gasteiger partial charge on any atom is -0.240 e. The number of hydrogen-bond donors (Lipinski definition) is 0. The first kappa shape index (κ1) is 20.3. The largest absolute Gasteiger partial charge is 0.240 e. The molecule has 4 aromatic carbocycles. The molecule has 2 nitrogen and oxygen atoms in total. The van der Waals surface area contributed by atoms with E-state index in [0.717, 1.165) is 27.5 Å². The second kappa shape index (κ2) is 8.86. The molecule has 3 heteroatoms. The molecule has 0 saturated heterocycles. The molecule has 0 bridgehead atoms. The molecule has 0 aliphatic rings. The molecule has 0 amide bonds. The van der Waals surface area contributed by atoms with Gasteiger partial charge < -0.3 is 0 Å². The minimum atomic E-state index is 0.0577. The van der Waals surface area contributed by atoms with Crippen LogP contribution in [0.2, 0.25) is 5.02 Å². The Bertz CT molecular complexity index is 1270. The first-order chi connectivity index (χ1) is 15.7. The maximum absolute atomic E-state index is 6.18. The van der Waals surface area contributed by atoms with Crippen LogP contribution < -0.4 is 0 Å². The summed E-state index contributed by atoms with van der Waals surface area (Å²) < 4.78 is 1.98. The topological polar surface area (TPSA) is 17.8 Å². The van der Waals surface area contributed by atoms with Gasteiger partial charge in [-0.15, -0.1) is 0 Å². The van der Waals surface area contributed by atoms with Crippen molar-refractivity contribution in [2.45, 2.75) is 12.8 Å². The van der Waals surface area contributed by atoms with E-state index >= 15 is 0 Å². The van der Waals surface area contributed by atoms with Crippen LogP contribution in [0.3, 0.4) is 0 Å². The van der Waals surface area contributed by atoms with Crippen molar-refractivity contribution >= 4 is 11.6 Å². The van der Waals surface area contributed by atoms with Gasteiger partial charge in [-0.05, 0) is 42.3 Å². The number of nitrogens with zero attached hydrogens (tertiary/aromatic N) is 2.